The summed E-state index contributed by atoms with van der Waals surface area (Å²) >= 11 is 1.67. The summed E-state index contributed by atoms with van der Waals surface area (Å²) in [6.07, 6.45) is 1.48. The summed E-state index contributed by atoms with van der Waals surface area (Å²) in [5.41, 5.74) is 0.629. The van der Waals surface area contributed by atoms with Crippen molar-refractivity contribution < 1.29 is 10.2 Å². The second kappa shape index (κ2) is 5.94. The molecule has 0 amide bonds. The summed E-state index contributed by atoms with van der Waals surface area (Å²) in [6.45, 7) is 8.30. The fourth-order valence-corrected chi connectivity index (χ4v) is 3.27. The van der Waals surface area contributed by atoms with Gasteiger partial charge in [0.25, 0.3) is 0 Å². The van der Waals surface area contributed by atoms with E-state index in [1.54, 1.807) is 11.3 Å². The van der Waals surface area contributed by atoms with Crippen LogP contribution >= 0.6 is 11.3 Å². The fraction of sp³-hybridized carbons (Fsp3) is 0.769. The lowest BCUT2D eigenvalue weighted by Gasteiger charge is -2.30. The molecule has 0 aliphatic heterocycles. The maximum absolute atomic E-state index is 9.58. The monoisotopic (exact) mass is 257 g/mol. The number of aliphatic hydroxyl groups is 2. The second-order valence-corrected chi connectivity index (χ2v) is 6.63. The Bertz CT molecular complexity index is 337. The van der Waals surface area contributed by atoms with Gasteiger partial charge in [0.05, 0.1) is 23.9 Å². The van der Waals surface area contributed by atoms with Gasteiger partial charge in [-0.3, -0.25) is 0 Å². The lowest BCUT2D eigenvalue weighted by atomic mass is 9.79. The quantitative estimate of drug-likeness (QED) is 0.822. The standard InChI is InChI=1S/C13H23NO2S/c1-9(2)5-13(7-15,8-16)6-12-14-10(3)11(4)17-12/h9,15-16H,5-8H2,1-4H3. The first-order chi connectivity index (χ1) is 7.92. The minimum absolute atomic E-state index is 0.0132. The van der Waals surface area contributed by atoms with Crippen LogP contribution in [0.4, 0.5) is 0 Å². The summed E-state index contributed by atoms with van der Waals surface area (Å²) < 4.78 is 0. The van der Waals surface area contributed by atoms with Crippen LogP contribution in [0.3, 0.4) is 0 Å². The molecule has 1 heterocycles. The zero-order valence-corrected chi connectivity index (χ0v) is 12.0. The number of aromatic nitrogens is 1. The predicted octanol–water partition coefficient (Wildman–Crippen LogP) is 2.32. The van der Waals surface area contributed by atoms with E-state index in [2.05, 4.69) is 25.8 Å². The smallest absolute Gasteiger partial charge is 0.0938 e. The van der Waals surface area contributed by atoms with E-state index in [1.165, 1.54) is 4.88 Å². The molecule has 1 aromatic heterocycles. The molecule has 98 valence electrons. The van der Waals surface area contributed by atoms with Crippen LogP contribution in [-0.4, -0.2) is 28.4 Å². The molecule has 1 rings (SSSR count). The summed E-state index contributed by atoms with van der Waals surface area (Å²) in [4.78, 5) is 5.71. The van der Waals surface area contributed by atoms with Crippen molar-refractivity contribution in [2.45, 2.75) is 40.5 Å². The normalized spacial score (nSPS) is 12.4. The highest BCUT2D eigenvalue weighted by Crippen LogP contribution is 2.32. The van der Waals surface area contributed by atoms with E-state index in [-0.39, 0.29) is 13.2 Å². The molecular formula is C13H23NO2S. The number of nitrogens with zero attached hydrogens (tertiary/aromatic N) is 1. The van der Waals surface area contributed by atoms with Crippen molar-refractivity contribution in [2.24, 2.45) is 11.3 Å². The van der Waals surface area contributed by atoms with Crippen molar-refractivity contribution in [1.82, 2.24) is 4.98 Å². The van der Waals surface area contributed by atoms with Crippen LogP contribution in [0.1, 0.15) is 35.8 Å². The SMILES string of the molecule is Cc1nc(CC(CO)(CO)CC(C)C)sc1C. The van der Waals surface area contributed by atoms with Crippen LogP contribution in [0, 0.1) is 25.2 Å². The van der Waals surface area contributed by atoms with E-state index in [4.69, 9.17) is 0 Å². The maximum atomic E-state index is 9.58. The minimum atomic E-state index is -0.426. The summed E-state index contributed by atoms with van der Waals surface area (Å²) in [7, 11) is 0. The van der Waals surface area contributed by atoms with Gasteiger partial charge in [0.15, 0.2) is 0 Å². The second-order valence-electron chi connectivity index (χ2n) is 5.34. The Morgan fingerprint density at radius 3 is 2.18 bits per heavy atom. The van der Waals surface area contributed by atoms with Crippen molar-refractivity contribution >= 4 is 11.3 Å². The van der Waals surface area contributed by atoms with Gasteiger partial charge < -0.3 is 10.2 Å². The molecule has 0 fully saturated rings. The van der Waals surface area contributed by atoms with Crippen LogP contribution < -0.4 is 0 Å². The Kier molecular flexibility index (Phi) is 5.10. The van der Waals surface area contributed by atoms with Gasteiger partial charge >= 0.3 is 0 Å². The number of aryl methyl sites for hydroxylation is 2. The van der Waals surface area contributed by atoms with Crippen LogP contribution in [0.15, 0.2) is 0 Å². The highest BCUT2D eigenvalue weighted by Gasteiger charge is 2.31. The highest BCUT2D eigenvalue weighted by atomic mass is 32.1. The molecule has 4 heteroatoms. The Balaban J connectivity index is 2.85. The van der Waals surface area contributed by atoms with E-state index in [1.807, 2.05) is 6.92 Å². The van der Waals surface area contributed by atoms with E-state index in [0.717, 1.165) is 17.1 Å². The fourth-order valence-electron chi connectivity index (χ4n) is 2.16. The lowest BCUT2D eigenvalue weighted by Crippen LogP contribution is -2.34. The van der Waals surface area contributed by atoms with Gasteiger partial charge in [-0.15, -0.1) is 11.3 Å². The van der Waals surface area contributed by atoms with E-state index in [9.17, 15) is 10.2 Å². The molecule has 0 aliphatic carbocycles. The van der Waals surface area contributed by atoms with Gasteiger partial charge in [-0.2, -0.15) is 0 Å². The number of hydrogen-bond donors (Lipinski definition) is 2. The molecule has 0 bridgehead atoms. The zero-order chi connectivity index (χ0) is 13.1. The molecule has 0 spiro atoms. The first-order valence-electron chi connectivity index (χ1n) is 6.07. The van der Waals surface area contributed by atoms with E-state index < -0.39 is 5.41 Å². The third-order valence-electron chi connectivity index (χ3n) is 3.11. The first kappa shape index (κ1) is 14.6. The zero-order valence-electron chi connectivity index (χ0n) is 11.2. The van der Waals surface area contributed by atoms with Gasteiger partial charge in [-0.25, -0.2) is 4.98 Å². The largest absolute Gasteiger partial charge is 0.396 e. The van der Waals surface area contributed by atoms with Gasteiger partial charge in [0.2, 0.25) is 0 Å². The lowest BCUT2D eigenvalue weighted by molar-refractivity contribution is 0.0369. The van der Waals surface area contributed by atoms with Crippen molar-refractivity contribution in [3.05, 3.63) is 15.6 Å². The van der Waals surface area contributed by atoms with E-state index >= 15 is 0 Å². The third-order valence-corrected chi connectivity index (χ3v) is 4.18. The van der Waals surface area contributed by atoms with E-state index in [0.29, 0.717) is 12.3 Å². The first-order valence-corrected chi connectivity index (χ1v) is 6.89. The summed E-state index contributed by atoms with van der Waals surface area (Å²) in [5.74, 6) is 0.455. The molecule has 0 saturated carbocycles. The molecule has 2 N–H and O–H groups in total. The molecule has 0 aliphatic rings. The summed E-state index contributed by atoms with van der Waals surface area (Å²) in [6, 6.07) is 0. The van der Waals surface area contributed by atoms with Crippen LogP contribution in [0.2, 0.25) is 0 Å². The average Bonchev–Trinajstić information content (AvgIpc) is 2.56. The van der Waals surface area contributed by atoms with Gasteiger partial charge in [0, 0.05) is 16.7 Å². The topological polar surface area (TPSA) is 53.4 Å². The average molecular weight is 257 g/mol. The van der Waals surface area contributed by atoms with Gasteiger partial charge in [-0.1, -0.05) is 13.8 Å². The number of thiazole rings is 1. The van der Waals surface area contributed by atoms with Crippen molar-refractivity contribution in [3.8, 4) is 0 Å². The van der Waals surface area contributed by atoms with Crippen LogP contribution in [0.5, 0.6) is 0 Å². The molecule has 3 nitrogen and oxygen atoms in total. The highest BCUT2D eigenvalue weighted by molar-refractivity contribution is 7.11. The van der Waals surface area contributed by atoms with Crippen molar-refractivity contribution in [3.63, 3.8) is 0 Å². The number of rotatable bonds is 6. The number of hydrogen-bond acceptors (Lipinski definition) is 4. The molecule has 0 atom stereocenters. The Morgan fingerprint density at radius 2 is 1.82 bits per heavy atom. The molecule has 1 aromatic rings. The molecular weight excluding hydrogens is 234 g/mol. The summed E-state index contributed by atoms with van der Waals surface area (Å²) in [5, 5.41) is 20.2. The predicted molar refractivity (Wildman–Crippen MR) is 71.4 cm³/mol. The van der Waals surface area contributed by atoms with Crippen LogP contribution in [0.25, 0.3) is 0 Å². The molecule has 17 heavy (non-hydrogen) atoms. The van der Waals surface area contributed by atoms with Gasteiger partial charge in [-0.05, 0) is 26.2 Å². The Morgan fingerprint density at radius 1 is 1.24 bits per heavy atom. The Labute approximate surface area is 108 Å². The van der Waals surface area contributed by atoms with Crippen molar-refractivity contribution in [1.29, 1.82) is 0 Å². The van der Waals surface area contributed by atoms with Crippen LogP contribution in [-0.2, 0) is 6.42 Å². The molecule has 0 unspecified atom stereocenters. The molecule has 0 radical (unpaired) electrons. The minimum Gasteiger partial charge on any atom is -0.396 e. The Hall–Kier alpha value is -0.450. The third kappa shape index (κ3) is 3.76. The molecule has 0 saturated heterocycles. The van der Waals surface area contributed by atoms with Gasteiger partial charge in [0.1, 0.15) is 0 Å². The number of aliphatic hydroxyl groups excluding tert-OH is 2. The van der Waals surface area contributed by atoms with Crippen molar-refractivity contribution in [2.75, 3.05) is 13.2 Å². The maximum Gasteiger partial charge on any atom is 0.0938 e. The molecule has 0 aromatic carbocycles.